The maximum absolute atomic E-state index is 13.3. The van der Waals surface area contributed by atoms with Crippen molar-refractivity contribution >= 4 is 55.2 Å². The van der Waals surface area contributed by atoms with E-state index in [2.05, 4.69) is 21.2 Å². The fourth-order valence-electron chi connectivity index (χ4n) is 3.92. The van der Waals surface area contributed by atoms with Crippen LogP contribution < -0.4 is 5.32 Å². The third kappa shape index (κ3) is 3.66. The van der Waals surface area contributed by atoms with Gasteiger partial charge in [0.15, 0.2) is 11.5 Å². The second-order valence-corrected chi connectivity index (χ2v) is 9.00. The molecule has 0 radical (unpaired) electrons. The number of nitrogens with one attached hydrogen (secondary N) is 1. The zero-order valence-corrected chi connectivity index (χ0v) is 19.9. The summed E-state index contributed by atoms with van der Waals surface area (Å²) in [7, 11) is 0. The summed E-state index contributed by atoms with van der Waals surface area (Å²) in [5, 5.41) is 4.43. The van der Waals surface area contributed by atoms with Gasteiger partial charge >= 0.3 is 0 Å². The van der Waals surface area contributed by atoms with Crippen molar-refractivity contribution in [3.05, 3.63) is 98.9 Å². The number of anilines is 1. The van der Waals surface area contributed by atoms with Crippen LogP contribution in [0.25, 0.3) is 21.9 Å². The molecule has 33 heavy (non-hydrogen) atoms. The lowest BCUT2D eigenvalue weighted by molar-refractivity contribution is 0.0997. The van der Waals surface area contributed by atoms with Crippen LogP contribution in [0.3, 0.4) is 0 Å². The third-order valence-corrected chi connectivity index (χ3v) is 6.43. The summed E-state index contributed by atoms with van der Waals surface area (Å²) in [6.07, 6.45) is 0. The van der Waals surface area contributed by atoms with Crippen LogP contribution in [-0.4, -0.2) is 11.7 Å². The number of ketones is 1. The van der Waals surface area contributed by atoms with Crippen molar-refractivity contribution in [2.45, 2.75) is 20.8 Å². The van der Waals surface area contributed by atoms with E-state index in [4.69, 9.17) is 8.83 Å². The lowest BCUT2D eigenvalue weighted by Gasteiger charge is -2.05. The SMILES string of the molecule is Cc1cc2oc(C(=O)Nc3c(C(=O)c4ccc(Br)cc4)oc4ccccc34)c(C)c2cc1C. The smallest absolute Gasteiger partial charge is 0.291 e. The second-order valence-electron chi connectivity index (χ2n) is 8.08. The van der Waals surface area contributed by atoms with E-state index in [0.717, 1.165) is 26.5 Å². The van der Waals surface area contributed by atoms with Crippen molar-refractivity contribution < 1.29 is 18.4 Å². The molecule has 0 aliphatic rings. The number of fused-ring (bicyclic) bond motifs is 2. The van der Waals surface area contributed by atoms with Gasteiger partial charge < -0.3 is 14.2 Å². The van der Waals surface area contributed by atoms with Gasteiger partial charge in [-0.1, -0.05) is 28.1 Å². The first-order chi connectivity index (χ1) is 15.8. The minimum Gasteiger partial charge on any atom is -0.451 e. The summed E-state index contributed by atoms with van der Waals surface area (Å²) in [6, 6.07) is 18.2. The summed E-state index contributed by atoms with van der Waals surface area (Å²) in [5.41, 5.74) is 4.92. The largest absolute Gasteiger partial charge is 0.451 e. The second kappa shape index (κ2) is 8.05. The molecule has 0 bridgehead atoms. The molecule has 1 N–H and O–H groups in total. The molecule has 1 amide bonds. The highest BCUT2D eigenvalue weighted by molar-refractivity contribution is 9.10. The van der Waals surface area contributed by atoms with Crippen LogP contribution in [-0.2, 0) is 0 Å². The molecule has 0 aliphatic carbocycles. The summed E-state index contributed by atoms with van der Waals surface area (Å²) in [5.74, 6) is -0.466. The van der Waals surface area contributed by atoms with Crippen LogP contribution in [0.4, 0.5) is 5.69 Å². The fourth-order valence-corrected chi connectivity index (χ4v) is 4.19. The van der Waals surface area contributed by atoms with E-state index in [1.54, 1.807) is 30.3 Å². The predicted octanol–water partition coefficient (Wildman–Crippen LogP) is 7.35. The van der Waals surface area contributed by atoms with Crippen LogP contribution in [0.5, 0.6) is 0 Å². The highest BCUT2D eigenvalue weighted by Gasteiger charge is 2.26. The van der Waals surface area contributed by atoms with Crippen molar-refractivity contribution in [3.63, 3.8) is 0 Å². The number of hydrogen-bond donors (Lipinski definition) is 1. The maximum atomic E-state index is 13.3. The van der Waals surface area contributed by atoms with Gasteiger partial charge in [0.05, 0.1) is 5.69 Å². The van der Waals surface area contributed by atoms with Gasteiger partial charge in [-0.15, -0.1) is 0 Å². The Bertz CT molecular complexity index is 1560. The number of aryl methyl sites for hydroxylation is 3. The number of hydrogen-bond acceptors (Lipinski definition) is 4. The Morgan fingerprint density at radius 1 is 0.788 bits per heavy atom. The molecule has 5 rings (SSSR count). The quantitative estimate of drug-likeness (QED) is 0.261. The number of halogens is 1. The molecule has 0 spiro atoms. The minimum atomic E-state index is -0.435. The molecule has 0 aliphatic heterocycles. The molecular formula is C27H20BrNO4. The average molecular weight is 502 g/mol. The molecular weight excluding hydrogens is 482 g/mol. The first-order valence-electron chi connectivity index (χ1n) is 10.5. The highest BCUT2D eigenvalue weighted by atomic mass is 79.9. The van der Waals surface area contributed by atoms with Crippen LogP contribution >= 0.6 is 15.9 Å². The topological polar surface area (TPSA) is 72.5 Å². The van der Waals surface area contributed by atoms with Gasteiger partial charge in [0, 0.05) is 26.4 Å². The maximum Gasteiger partial charge on any atom is 0.291 e. The Kier molecular flexibility index (Phi) is 5.17. The number of benzene rings is 3. The average Bonchev–Trinajstić information content (AvgIpc) is 3.32. The lowest BCUT2D eigenvalue weighted by atomic mass is 10.0. The van der Waals surface area contributed by atoms with Crippen LogP contribution in [0.2, 0.25) is 0 Å². The fraction of sp³-hybridized carbons (Fsp3) is 0.111. The molecule has 3 aromatic carbocycles. The van der Waals surface area contributed by atoms with Crippen molar-refractivity contribution in [1.29, 1.82) is 0 Å². The Balaban J connectivity index is 1.59. The standard InChI is InChI=1S/C27H20BrNO4/c1-14-12-20-16(3)25(33-22(20)13-15(14)2)27(31)29-23-19-6-4-5-7-21(19)32-26(23)24(30)17-8-10-18(28)11-9-17/h4-13H,1-3H3,(H,29,31). The van der Waals surface area contributed by atoms with Crippen molar-refractivity contribution in [2.24, 2.45) is 0 Å². The van der Waals surface area contributed by atoms with E-state index >= 15 is 0 Å². The molecule has 2 aromatic heterocycles. The van der Waals surface area contributed by atoms with Gasteiger partial charge in [0.25, 0.3) is 5.91 Å². The highest BCUT2D eigenvalue weighted by Crippen LogP contribution is 2.34. The summed E-state index contributed by atoms with van der Waals surface area (Å²) < 4.78 is 12.7. The normalized spacial score (nSPS) is 11.3. The Hall–Kier alpha value is -3.64. The van der Waals surface area contributed by atoms with E-state index < -0.39 is 5.91 Å². The van der Waals surface area contributed by atoms with Gasteiger partial charge in [-0.25, -0.2) is 0 Å². The number of carbonyl (C=O) groups excluding carboxylic acids is 2. The zero-order valence-electron chi connectivity index (χ0n) is 18.3. The van der Waals surface area contributed by atoms with Crippen LogP contribution in [0, 0.1) is 20.8 Å². The number of carbonyl (C=O) groups is 2. The summed E-state index contributed by atoms with van der Waals surface area (Å²) >= 11 is 3.38. The molecule has 6 heteroatoms. The Labute approximate surface area is 198 Å². The van der Waals surface area contributed by atoms with E-state index in [1.165, 1.54) is 0 Å². The van der Waals surface area contributed by atoms with Crippen molar-refractivity contribution in [2.75, 3.05) is 5.32 Å². The Morgan fingerprint density at radius 3 is 2.21 bits per heavy atom. The monoisotopic (exact) mass is 501 g/mol. The number of furan rings is 2. The van der Waals surface area contributed by atoms with Gasteiger partial charge in [0.2, 0.25) is 5.78 Å². The van der Waals surface area contributed by atoms with E-state index in [-0.39, 0.29) is 17.3 Å². The molecule has 5 aromatic rings. The van der Waals surface area contributed by atoms with Gasteiger partial charge in [-0.05, 0) is 80.4 Å². The summed E-state index contributed by atoms with van der Waals surface area (Å²) in [4.78, 5) is 26.6. The van der Waals surface area contributed by atoms with Crippen LogP contribution in [0.15, 0.2) is 74.0 Å². The predicted molar refractivity (Wildman–Crippen MR) is 132 cm³/mol. The van der Waals surface area contributed by atoms with E-state index in [1.807, 2.05) is 51.1 Å². The van der Waals surface area contributed by atoms with E-state index in [9.17, 15) is 9.59 Å². The number of rotatable bonds is 4. The third-order valence-electron chi connectivity index (χ3n) is 5.91. The van der Waals surface area contributed by atoms with Gasteiger partial charge in [-0.2, -0.15) is 0 Å². The molecule has 5 nitrogen and oxygen atoms in total. The molecule has 164 valence electrons. The molecule has 2 heterocycles. The molecule has 0 fully saturated rings. The van der Waals surface area contributed by atoms with Crippen molar-refractivity contribution in [3.8, 4) is 0 Å². The van der Waals surface area contributed by atoms with E-state index in [0.29, 0.717) is 27.8 Å². The molecule has 0 saturated heterocycles. The first kappa shape index (κ1) is 21.2. The molecule has 0 saturated carbocycles. The van der Waals surface area contributed by atoms with Crippen molar-refractivity contribution in [1.82, 2.24) is 0 Å². The minimum absolute atomic E-state index is 0.0762. The molecule has 0 unspecified atom stereocenters. The van der Waals surface area contributed by atoms with Crippen LogP contribution in [0.1, 0.15) is 43.4 Å². The Morgan fingerprint density at radius 2 is 1.45 bits per heavy atom. The lowest BCUT2D eigenvalue weighted by Crippen LogP contribution is -2.14. The van der Waals surface area contributed by atoms with Gasteiger partial charge in [-0.3, -0.25) is 9.59 Å². The number of para-hydroxylation sites is 1. The first-order valence-corrected chi connectivity index (χ1v) is 11.3. The molecule has 0 atom stereocenters. The van der Waals surface area contributed by atoms with Gasteiger partial charge in [0.1, 0.15) is 11.2 Å². The number of amides is 1. The zero-order chi connectivity index (χ0) is 23.3. The summed E-state index contributed by atoms with van der Waals surface area (Å²) in [6.45, 7) is 5.89.